The van der Waals surface area contributed by atoms with E-state index in [0.717, 1.165) is 64.2 Å². The Labute approximate surface area is 499 Å². The molecule has 0 spiro atoms. The van der Waals surface area contributed by atoms with Crippen molar-refractivity contribution in [1.29, 1.82) is 0 Å². The Morgan fingerprint density at radius 1 is 0.250 bits per heavy atom. The molecule has 1 unspecified atom stereocenters. The molecule has 0 amide bonds. The van der Waals surface area contributed by atoms with Gasteiger partial charge in [-0.25, -0.2) is 0 Å². The van der Waals surface area contributed by atoms with Crippen molar-refractivity contribution in [2.75, 3.05) is 13.2 Å². The first-order chi connectivity index (χ1) is 39.5. The van der Waals surface area contributed by atoms with Gasteiger partial charge < -0.3 is 14.2 Å². The third-order valence-electron chi connectivity index (χ3n) is 16.4. The number of rotatable bonds is 67. The minimum atomic E-state index is -0.770. The van der Waals surface area contributed by atoms with Crippen LogP contribution in [0, 0.1) is 0 Å². The molecule has 0 saturated heterocycles. The second kappa shape index (κ2) is 69.1. The Morgan fingerprint density at radius 3 is 0.700 bits per heavy atom. The molecule has 0 rings (SSSR count). The van der Waals surface area contributed by atoms with E-state index >= 15 is 0 Å². The molecule has 0 bridgehead atoms. The number of ether oxygens (including phenoxy) is 3. The van der Waals surface area contributed by atoms with Gasteiger partial charge in [-0.15, -0.1) is 0 Å². The summed E-state index contributed by atoms with van der Waals surface area (Å²) in [4.78, 5) is 38.2. The van der Waals surface area contributed by atoms with Crippen molar-refractivity contribution in [1.82, 2.24) is 0 Å². The van der Waals surface area contributed by atoms with E-state index in [1.54, 1.807) is 0 Å². The molecule has 0 aromatic rings. The minimum absolute atomic E-state index is 0.0677. The zero-order valence-electron chi connectivity index (χ0n) is 54.1. The largest absolute Gasteiger partial charge is 0.462 e. The summed E-state index contributed by atoms with van der Waals surface area (Å²) in [5, 5.41) is 0. The predicted octanol–water partition coefficient (Wildman–Crippen LogP) is 24.7. The molecule has 0 N–H and O–H groups in total. The van der Waals surface area contributed by atoms with Gasteiger partial charge >= 0.3 is 17.9 Å². The molecule has 6 nitrogen and oxygen atoms in total. The van der Waals surface area contributed by atoms with Gasteiger partial charge in [-0.2, -0.15) is 0 Å². The van der Waals surface area contributed by atoms with E-state index in [4.69, 9.17) is 14.2 Å². The standard InChI is InChI=1S/C74H138O6/c1-4-7-10-13-16-19-21-23-25-27-29-30-31-32-33-34-35-36-37-38-39-40-41-42-43-44-45-47-48-50-52-55-58-61-64-67-73(76)79-70-71(69-78-72(75)66-63-60-57-54-18-15-12-9-6-3)80-74(77)68-65-62-59-56-53-51-49-46-28-26-24-22-20-17-14-11-8-5-2/h21,23,26-29,71H,4-20,22,24-25,30-70H2,1-3H3/b23-21-,28-26-,29-27-. The van der Waals surface area contributed by atoms with Crippen molar-refractivity contribution < 1.29 is 28.6 Å². The number of allylic oxidation sites excluding steroid dienone is 6. The second-order valence-corrected chi connectivity index (χ2v) is 24.5. The van der Waals surface area contributed by atoms with Crippen molar-refractivity contribution >= 4 is 17.9 Å². The zero-order chi connectivity index (χ0) is 57.8. The maximum atomic E-state index is 12.9. The summed E-state index contributed by atoms with van der Waals surface area (Å²) < 4.78 is 16.9. The van der Waals surface area contributed by atoms with Crippen molar-refractivity contribution in [3.63, 3.8) is 0 Å². The van der Waals surface area contributed by atoms with E-state index in [1.165, 1.54) is 295 Å². The molecule has 470 valence electrons. The van der Waals surface area contributed by atoms with Gasteiger partial charge in [0.1, 0.15) is 13.2 Å². The van der Waals surface area contributed by atoms with E-state index in [9.17, 15) is 14.4 Å². The maximum absolute atomic E-state index is 12.9. The van der Waals surface area contributed by atoms with Crippen LogP contribution in [0.25, 0.3) is 0 Å². The van der Waals surface area contributed by atoms with Crippen LogP contribution in [0.15, 0.2) is 36.5 Å². The molecular weight excluding hydrogens is 985 g/mol. The number of unbranched alkanes of at least 4 members (excludes halogenated alkanes) is 50. The van der Waals surface area contributed by atoms with Gasteiger partial charge in [0, 0.05) is 19.3 Å². The average molecular weight is 1120 g/mol. The number of carbonyl (C=O) groups is 3. The monoisotopic (exact) mass is 1120 g/mol. The fourth-order valence-electron chi connectivity index (χ4n) is 10.9. The van der Waals surface area contributed by atoms with Crippen LogP contribution in [-0.4, -0.2) is 37.2 Å². The topological polar surface area (TPSA) is 78.9 Å². The quantitative estimate of drug-likeness (QED) is 0.0261. The Kier molecular flexibility index (Phi) is 67.1. The van der Waals surface area contributed by atoms with Crippen LogP contribution in [0.1, 0.15) is 400 Å². The lowest BCUT2D eigenvalue weighted by Crippen LogP contribution is -2.30. The molecule has 0 fully saturated rings. The number of esters is 3. The Bertz CT molecular complexity index is 1340. The average Bonchev–Trinajstić information content (AvgIpc) is 3.46. The summed E-state index contributed by atoms with van der Waals surface area (Å²) in [6, 6.07) is 0. The van der Waals surface area contributed by atoms with Gasteiger partial charge in [-0.3, -0.25) is 14.4 Å². The smallest absolute Gasteiger partial charge is 0.306 e. The molecule has 0 aliphatic heterocycles. The van der Waals surface area contributed by atoms with Crippen LogP contribution < -0.4 is 0 Å². The van der Waals surface area contributed by atoms with Crippen molar-refractivity contribution in [3.8, 4) is 0 Å². The lowest BCUT2D eigenvalue weighted by Gasteiger charge is -2.18. The fraction of sp³-hybridized carbons (Fsp3) is 0.878. The summed E-state index contributed by atoms with van der Waals surface area (Å²) in [6.07, 6.45) is 86.4. The van der Waals surface area contributed by atoms with E-state index in [-0.39, 0.29) is 31.1 Å². The molecule has 0 radical (unpaired) electrons. The van der Waals surface area contributed by atoms with E-state index in [2.05, 4.69) is 57.2 Å². The van der Waals surface area contributed by atoms with Crippen LogP contribution in [0.3, 0.4) is 0 Å². The highest BCUT2D eigenvalue weighted by atomic mass is 16.6. The SMILES string of the molecule is CCCCCCC/C=C\C/C=C\CCCCCCCCCCCCCCCCCCCCCCCCCC(=O)OCC(COC(=O)CCCCCCCCCCC)OC(=O)CCCCCCCCC/C=C\CCCCCCCCC. The van der Waals surface area contributed by atoms with E-state index in [1.807, 2.05) is 0 Å². The Balaban J connectivity index is 3.99. The highest BCUT2D eigenvalue weighted by Crippen LogP contribution is 2.18. The maximum Gasteiger partial charge on any atom is 0.306 e. The van der Waals surface area contributed by atoms with Gasteiger partial charge in [0.2, 0.25) is 0 Å². The van der Waals surface area contributed by atoms with Crippen LogP contribution in [0.5, 0.6) is 0 Å². The molecule has 0 aliphatic rings. The van der Waals surface area contributed by atoms with Crippen LogP contribution in [-0.2, 0) is 28.6 Å². The number of hydrogen-bond donors (Lipinski definition) is 0. The first-order valence-corrected chi connectivity index (χ1v) is 36.0. The summed E-state index contributed by atoms with van der Waals surface area (Å²) in [7, 11) is 0. The molecule has 80 heavy (non-hydrogen) atoms. The van der Waals surface area contributed by atoms with Crippen molar-refractivity contribution in [2.45, 2.75) is 406 Å². The summed E-state index contributed by atoms with van der Waals surface area (Å²) in [5.41, 5.74) is 0. The van der Waals surface area contributed by atoms with Gasteiger partial charge in [0.25, 0.3) is 0 Å². The molecule has 0 saturated carbocycles. The Morgan fingerprint density at radius 2 is 0.450 bits per heavy atom. The zero-order valence-corrected chi connectivity index (χ0v) is 54.1. The molecule has 0 aliphatic carbocycles. The number of hydrogen-bond acceptors (Lipinski definition) is 6. The molecule has 1 atom stereocenters. The normalized spacial score (nSPS) is 12.2. The van der Waals surface area contributed by atoms with Gasteiger partial charge in [-0.1, -0.05) is 340 Å². The van der Waals surface area contributed by atoms with Crippen LogP contribution in [0.4, 0.5) is 0 Å². The first-order valence-electron chi connectivity index (χ1n) is 36.0. The van der Waals surface area contributed by atoms with E-state index in [0.29, 0.717) is 19.3 Å². The van der Waals surface area contributed by atoms with Crippen molar-refractivity contribution in [2.24, 2.45) is 0 Å². The van der Waals surface area contributed by atoms with Gasteiger partial charge in [0.05, 0.1) is 0 Å². The lowest BCUT2D eigenvalue weighted by atomic mass is 10.0. The van der Waals surface area contributed by atoms with Gasteiger partial charge in [0.15, 0.2) is 6.10 Å². The van der Waals surface area contributed by atoms with Gasteiger partial charge in [-0.05, 0) is 77.0 Å². The van der Waals surface area contributed by atoms with Crippen LogP contribution in [0.2, 0.25) is 0 Å². The third-order valence-corrected chi connectivity index (χ3v) is 16.4. The first kappa shape index (κ1) is 77.6. The second-order valence-electron chi connectivity index (χ2n) is 24.5. The molecule has 6 heteroatoms. The Hall–Kier alpha value is -2.37. The third kappa shape index (κ3) is 66.4. The highest BCUT2D eigenvalue weighted by molar-refractivity contribution is 5.71. The fourth-order valence-corrected chi connectivity index (χ4v) is 10.9. The molecule has 0 aromatic carbocycles. The highest BCUT2D eigenvalue weighted by Gasteiger charge is 2.19. The predicted molar refractivity (Wildman–Crippen MR) is 349 cm³/mol. The lowest BCUT2D eigenvalue weighted by molar-refractivity contribution is -0.167. The van der Waals surface area contributed by atoms with Crippen molar-refractivity contribution in [3.05, 3.63) is 36.5 Å². The molecular formula is C74H138O6. The number of carbonyl (C=O) groups excluding carboxylic acids is 3. The summed E-state index contributed by atoms with van der Waals surface area (Å²) in [6.45, 7) is 6.67. The van der Waals surface area contributed by atoms with Crippen LogP contribution >= 0.6 is 0 Å². The molecule has 0 heterocycles. The van der Waals surface area contributed by atoms with E-state index < -0.39 is 6.10 Å². The summed E-state index contributed by atoms with van der Waals surface area (Å²) in [5.74, 6) is -0.848. The summed E-state index contributed by atoms with van der Waals surface area (Å²) >= 11 is 0. The minimum Gasteiger partial charge on any atom is -0.462 e. The molecule has 0 aromatic heterocycles.